The van der Waals surface area contributed by atoms with E-state index in [2.05, 4.69) is 36.1 Å². The number of nitrogens with two attached hydrogens (primary N) is 1. The van der Waals surface area contributed by atoms with Crippen molar-refractivity contribution in [2.24, 2.45) is 5.73 Å². The molecule has 1 aromatic heterocycles. The van der Waals surface area contributed by atoms with Crippen molar-refractivity contribution >= 4 is 30.7 Å². The SMILES string of the molecule is CC1CN(Cc2ccccc2)CCN1C(=O)c1coc(CN)c1.Cl.Cl. The fourth-order valence-electron chi connectivity index (χ4n) is 3.09. The van der Waals surface area contributed by atoms with Crippen molar-refractivity contribution in [2.75, 3.05) is 19.6 Å². The molecule has 0 aliphatic carbocycles. The number of carbonyl (C=O) groups is 1. The Balaban J connectivity index is 0.00000156. The first-order chi connectivity index (χ1) is 11.2. The molecule has 1 atom stereocenters. The van der Waals surface area contributed by atoms with E-state index in [1.807, 2.05) is 11.0 Å². The van der Waals surface area contributed by atoms with Crippen molar-refractivity contribution in [3.8, 4) is 0 Å². The average molecular weight is 386 g/mol. The van der Waals surface area contributed by atoms with Gasteiger partial charge in [-0.2, -0.15) is 0 Å². The first-order valence-corrected chi connectivity index (χ1v) is 8.02. The second-order valence-corrected chi connectivity index (χ2v) is 6.07. The lowest BCUT2D eigenvalue weighted by molar-refractivity contribution is 0.0475. The van der Waals surface area contributed by atoms with Crippen LogP contribution in [0.3, 0.4) is 0 Å². The molecular formula is C18H25Cl2N3O2. The lowest BCUT2D eigenvalue weighted by Gasteiger charge is -2.39. The normalized spacial score (nSPS) is 17.5. The van der Waals surface area contributed by atoms with Crippen LogP contribution in [0.1, 0.15) is 28.6 Å². The molecule has 2 heterocycles. The molecule has 2 N–H and O–H groups in total. The third-order valence-electron chi connectivity index (χ3n) is 4.32. The van der Waals surface area contributed by atoms with Gasteiger partial charge in [0, 0.05) is 32.2 Å². The van der Waals surface area contributed by atoms with Crippen LogP contribution in [-0.4, -0.2) is 41.4 Å². The van der Waals surface area contributed by atoms with Crippen LogP contribution < -0.4 is 5.73 Å². The minimum absolute atomic E-state index is 0. The van der Waals surface area contributed by atoms with E-state index >= 15 is 0 Å². The van der Waals surface area contributed by atoms with Gasteiger partial charge < -0.3 is 15.1 Å². The highest BCUT2D eigenvalue weighted by Gasteiger charge is 2.28. The van der Waals surface area contributed by atoms with Gasteiger partial charge in [0.15, 0.2) is 0 Å². The summed E-state index contributed by atoms with van der Waals surface area (Å²) in [6, 6.07) is 12.4. The molecule has 7 heteroatoms. The van der Waals surface area contributed by atoms with Gasteiger partial charge >= 0.3 is 0 Å². The lowest BCUT2D eigenvalue weighted by atomic mass is 10.1. The zero-order valence-corrected chi connectivity index (χ0v) is 15.9. The number of halogens is 2. The summed E-state index contributed by atoms with van der Waals surface area (Å²) in [7, 11) is 0. The highest BCUT2D eigenvalue weighted by Crippen LogP contribution is 2.17. The van der Waals surface area contributed by atoms with Crippen LogP contribution in [-0.2, 0) is 13.1 Å². The Hall–Kier alpha value is -1.53. The highest BCUT2D eigenvalue weighted by atomic mass is 35.5. The van der Waals surface area contributed by atoms with Crippen LogP contribution in [0.4, 0.5) is 0 Å². The second kappa shape index (κ2) is 9.82. The monoisotopic (exact) mass is 385 g/mol. The largest absolute Gasteiger partial charge is 0.467 e. The quantitative estimate of drug-likeness (QED) is 0.878. The maximum atomic E-state index is 12.6. The number of hydrogen-bond donors (Lipinski definition) is 1. The van der Waals surface area contributed by atoms with E-state index < -0.39 is 0 Å². The number of rotatable bonds is 4. The topological polar surface area (TPSA) is 62.7 Å². The predicted molar refractivity (Wildman–Crippen MR) is 103 cm³/mol. The van der Waals surface area contributed by atoms with Crippen LogP contribution in [0.2, 0.25) is 0 Å². The van der Waals surface area contributed by atoms with Gasteiger partial charge in [0.25, 0.3) is 5.91 Å². The van der Waals surface area contributed by atoms with Gasteiger partial charge in [0.2, 0.25) is 0 Å². The van der Waals surface area contributed by atoms with E-state index in [9.17, 15) is 4.79 Å². The van der Waals surface area contributed by atoms with Crippen molar-refractivity contribution in [3.05, 3.63) is 59.5 Å². The molecule has 138 valence electrons. The van der Waals surface area contributed by atoms with Crippen molar-refractivity contribution < 1.29 is 9.21 Å². The van der Waals surface area contributed by atoms with Crippen LogP contribution in [0.5, 0.6) is 0 Å². The van der Waals surface area contributed by atoms with E-state index in [-0.39, 0.29) is 36.8 Å². The highest BCUT2D eigenvalue weighted by molar-refractivity contribution is 5.94. The Bertz CT molecular complexity index is 663. The Morgan fingerprint density at radius 3 is 2.56 bits per heavy atom. The van der Waals surface area contributed by atoms with Crippen molar-refractivity contribution in [1.29, 1.82) is 0 Å². The van der Waals surface area contributed by atoms with Gasteiger partial charge in [-0.25, -0.2) is 0 Å². The summed E-state index contributed by atoms with van der Waals surface area (Å²) in [5.74, 6) is 0.670. The Morgan fingerprint density at radius 2 is 1.96 bits per heavy atom. The summed E-state index contributed by atoms with van der Waals surface area (Å²) in [5.41, 5.74) is 7.43. The van der Waals surface area contributed by atoms with Gasteiger partial charge in [-0.3, -0.25) is 9.69 Å². The van der Waals surface area contributed by atoms with Crippen LogP contribution >= 0.6 is 24.8 Å². The first-order valence-electron chi connectivity index (χ1n) is 8.02. The van der Waals surface area contributed by atoms with Gasteiger partial charge in [-0.15, -0.1) is 24.8 Å². The molecule has 1 unspecified atom stereocenters. The summed E-state index contributed by atoms with van der Waals surface area (Å²) < 4.78 is 5.28. The summed E-state index contributed by atoms with van der Waals surface area (Å²) in [6.45, 7) is 5.83. The predicted octanol–water partition coefficient (Wildman–Crippen LogP) is 2.93. The van der Waals surface area contributed by atoms with Gasteiger partial charge in [-0.1, -0.05) is 30.3 Å². The van der Waals surface area contributed by atoms with Crippen LogP contribution in [0.15, 0.2) is 47.1 Å². The third-order valence-corrected chi connectivity index (χ3v) is 4.32. The van der Waals surface area contributed by atoms with Gasteiger partial charge in [0.05, 0.1) is 12.1 Å². The molecule has 25 heavy (non-hydrogen) atoms. The fraction of sp³-hybridized carbons (Fsp3) is 0.389. The Labute approximate surface area is 161 Å². The zero-order chi connectivity index (χ0) is 16.2. The summed E-state index contributed by atoms with van der Waals surface area (Å²) in [5, 5.41) is 0. The lowest BCUT2D eigenvalue weighted by Crippen LogP contribution is -2.53. The summed E-state index contributed by atoms with van der Waals surface area (Å²) in [4.78, 5) is 16.9. The van der Waals surface area contributed by atoms with Crippen molar-refractivity contribution in [2.45, 2.75) is 26.1 Å². The molecule has 1 aliphatic heterocycles. The number of benzene rings is 1. The van der Waals surface area contributed by atoms with E-state index in [0.29, 0.717) is 17.9 Å². The molecule has 0 saturated carbocycles. The van der Waals surface area contributed by atoms with Crippen LogP contribution in [0, 0.1) is 0 Å². The molecule has 0 bridgehead atoms. The molecule has 3 rings (SSSR count). The van der Waals surface area contributed by atoms with Crippen molar-refractivity contribution in [1.82, 2.24) is 9.80 Å². The number of nitrogens with zero attached hydrogens (tertiary/aromatic N) is 2. The zero-order valence-electron chi connectivity index (χ0n) is 14.3. The standard InChI is InChI=1S/C18H23N3O2.2ClH/c1-14-11-20(12-15-5-3-2-4-6-15)7-8-21(14)18(22)16-9-17(10-19)23-13-16;;/h2-6,9,13-14H,7-8,10-12,19H2,1H3;2*1H. The molecular weight excluding hydrogens is 361 g/mol. The minimum Gasteiger partial charge on any atom is -0.467 e. The maximum absolute atomic E-state index is 12.6. The second-order valence-electron chi connectivity index (χ2n) is 6.07. The Morgan fingerprint density at radius 1 is 1.24 bits per heavy atom. The number of carbonyl (C=O) groups excluding carboxylic acids is 1. The minimum atomic E-state index is 0. The molecule has 1 aliphatic rings. The van der Waals surface area contributed by atoms with Crippen LogP contribution in [0.25, 0.3) is 0 Å². The maximum Gasteiger partial charge on any atom is 0.257 e. The molecule has 5 nitrogen and oxygen atoms in total. The first kappa shape index (κ1) is 21.5. The molecule has 1 fully saturated rings. The van der Waals surface area contributed by atoms with Gasteiger partial charge in [0.1, 0.15) is 12.0 Å². The number of furan rings is 1. The summed E-state index contributed by atoms with van der Waals surface area (Å²) in [6.07, 6.45) is 1.51. The van der Waals surface area contributed by atoms with Crippen molar-refractivity contribution in [3.63, 3.8) is 0 Å². The van der Waals surface area contributed by atoms with E-state index in [1.54, 1.807) is 6.07 Å². The molecule has 0 radical (unpaired) electrons. The third kappa shape index (κ3) is 5.22. The molecule has 1 saturated heterocycles. The summed E-state index contributed by atoms with van der Waals surface area (Å²) >= 11 is 0. The molecule has 2 aromatic rings. The van der Waals surface area contributed by atoms with E-state index in [4.69, 9.17) is 10.2 Å². The smallest absolute Gasteiger partial charge is 0.257 e. The molecule has 0 spiro atoms. The fourth-order valence-corrected chi connectivity index (χ4v) is 3.09. The number of amides is 1. The number of hydrogen-bond acceptors (Lipinski definition) is 4. The molecule has 1 aromatic carbocycles. The van der Waals surface area contributed by atoms with E-state index in [1.165, 1.54) is 11.8 Å². The van der Waals surface area contributed by atoms with E-state index in [0.717, 1.165) is 26.2 Å². The average Bonchev–Trinajstić information content (AvgIpc) is 3.04. The van der Waals surface area contributed by atoms with Gasteiger partial charge in [-0.05, 0) is 18.6 Å². The number of piperazine rings is 1. The Kier molecular flexibility index (Phi) is 8.45. The molecule has 1 amide bonds.